The molecule has 152 valence electrons. The minimum atomic E-state index is -0.0396. The molecule has 0 bridgehead atoms. The first-order valence-corrected chi connectivity index (χ1v) is 10.9. The van der Waals surface area contributed by atoms with Gasteiger partial charge in [0, 0.05) is 37.0 Å². The number of aromatic nitrogens is 2. The predicted octanol–water partition coefficient (Wildman–Crippen LogP) is 5.04. The van der Waals surface area contributed by atoms with E-state index in [0.717, 1.165) is 24.3 Å². The highest BCUT2D eigenvalue weighted by Gasteiger charge is 2.13. The summed E-state index contributed by atoms with van der Waals surface area (Å²) in [5.74, 6) is 1.90. The molecule has 5 nitrogen and oxygen atoms in total. The number of amides is 1. The molecule has 1 N–H and O–H groups in total. The summed E-state index contributed by atoms with van der Waals surface area (Å²) in [6, 6.07) is 9.58. The van der Waals surface area contributed by atoms with E-state index >= 15 is 0 Å². The molecule has 1 aromatic carbocycles. The summed E-state index contributed by atoms with van der Waals surface area (Å²) in [6.07, 6.45) is 1.04. The van der Waals surface area contributed by atoms with E-state index in [2.05, 4.69) is 41.0 Å². The first-order valence-electron chi connectivity index (χ1n) is 9.58. The molecule has 0 aliphatic carbocycles. The van der Waals surface area contributed by atoms with Crippen molar-refractivity contribution < 1.29 is 4.79 Å². The lowest BCUT2D eigenvalue weighted by Crippen LogP contribution is -2.36. The largest absolute Gasteiger partial charge is 0.360 e. The Morgan fingerprint density at radius 3 is 2.50 bits per heavy atom. The van der Waals surface area contributed by atoms with Crippen LogP contribution in [-0.2, 0) is 5.75 Å². The summed E-state index contributed by atoms with van der Waals surface area (Å²) in [5, 5.41) is 4.12. The van der Waals surface area contributed by atoms with Crippen molar-refractivity contribution in [1.82, 2.24) is 15.3 Å². The lowest BCUT2D eigenvalue weighted by molar-refractivity contribution is 0.0930. The van der Waals surface area contributed by atoms with Gasteiger partial charge in [0.1, 0.15) is 11.0 Å². The van der Waals surface area contributed by atoms with Crippen LogP contribution in [0.3, 0.4) is 0 Å². The number of nitrogens with zero attached hydrogens (tertiary/aromatic N) is 3. The zero-order chi connectivity index (χ0) is 20.7. The van der Waals surface area contributed by atoms with Crippen LogP contribution >= 0.6 is 23.4 Å². The van der Waals surface area contributed by atoms with Crippen LogP contribution in [0.1, 0.15) is 50.0 Å². The van der Waals surface area contributed by atoms with Gasteiger partial charge < -0.3 is 10.2 Å². The van der Waals surface area contributed by atoms with Gasteiger partial charge in [-0.2, -0.15) is 0 Å². The Balaban J connectivity index is 1.99. The number of nitrogens with one attached hydrogen (secondary N) is 1. The summed E-state index contributed by atoms with van der Waals surface area (Å²) in [6.45, 7) is 9.24. The molecule has 28 heavy (non-hydrogen) atoms. The summed E-state index contributed by atoms with van der Waals surface area (Å²) in [4.78, 5) is 23.3. The van der Waals surface area contributed by atoms with E-state index in [9.17, 15) is 4.79 Å². The number of carbonyl (C=O) groups excluding carboxylic acids is 1. The van der Waals surface area contributed by atoms with Gasteiger partial charge in [-0.25, -0.2) is 9.97 Å². The molecule has 1 atom stereocenters. The molecule has 0 saturated carbocycles. The molecular formula is C21H29ClN4OS. The fourth-order valence-electron chi connectivity index (χ4n) is 2.45. The number of rotatable bonds is 9. The Kier molecular flexibility index (Phi) is 8.58. The van der Waals surface area contributed by atoms with Crippen molar-refractivity contribution in [3.63, 3.8) is 0 Å². The molecule has 0 saturated heterocycles. The minimum absolute atomic E-state index is 0.0396. The number of hydrogen-bond donors (Lipinski definition) is 1. The van der Waals surface area contributed by atoms with E-state index < -0.39 is 0 Å². The molecule has 1 aromatic heterocycles. The summed E-state index contributed by atoms with van der Waals surface area (Å²) < 4.78 is 0. The molecule has 0 fully saturated rings. The van der Waals surface area contributed by atoms with Crippen LogP contribution in [0.2, 0.25) is 5.15 Å². The van der Waals surface area contributed by atoms with E-state index in [1.807, 2.05) is 38.2 Å². The van der Waals surface area contributed by atoms with Crippen molar-refractivity contribution in [2.75, 3.05) is 18.5 Å². The molecule has 1 amide bonds. The van der Waals surface area contributed by atoms with E-state index in [-0.39, 0.29) is 11.9 Å². The van der Waals surface area contributed by atoms with Gasteiger partial charge in [0.05, 0.1) is 0 Å². The second-order valence-corrected chi connectivity index (χ2v) is 8.57. The van der Waals surface area contributed by atoms with E-state index in [4.69, 9.17) is 11.6 Å². The maximum Gasteiger partial charge on any atom is 0.251 e. The summed E-state index contributed by atoms with van der Waals surface area (Å²) >= 11 is 7.69. The van der Waals surface area contributed by atoms with Gasteiger partial charge in [-0.05, 0) is 37.0 Å². The third kappa shape index (κ3) is 6.67. The van der Waals surface area contributed by atoms with Crippen LogP contribution in [0.4, 0.5) is 5.82 Å². The van der Waals surface area contributed by atoms with Crippen LogP contribution in [0.25, 0.3) is 0 Å². The monoisotopic (exact) mass is 420 g/mol. The molecule has 2 aromatic rings. The first-order chi connectivity index (χ1) is 13.3. The topological polar surface area (TPSA) is 58.1 Å². The molecule has 0 aliphatic heterocycles. The quantitative estimate of drug-likeness (QED) is 0.349. The van der Waals surface area contributed by atoms with Gasteiger partial charge in [0.15, 0.2) is 5.16 Å². The van der Waals surface area contributed by atoms with Crippen LogP contribution in [0, 0.1) is 5.92 Å². The fraction of sp³-hybridized carbons (Fsp3) is 0.476. The highest BCUT2D eigenvalue weighted by molar-refractivity contribution is 7.98. The number of hydrogen-bond acceptors (Lipinski definition) is 5. The normalized spacial score (nSPS) is 12.1. The fourth-order valence-corrected chi connectivity index (χ4v) is 3.49. The zero-order valence-corrected chi connectivity index (χ0v) is 18.8. The Morgan fingerprint density at radius 1 is 1.21 bits per heavy atom. The van der Waals surface area contributed by atoms with Crippen molar-refractivity contribution in [3.8, 4) is 0 Å². The standard InChI is InChI=1S/C21H29ClN4OS/c1-6-11-26(5)19-12-18(22)24-21(25-19)28-13-16-7-9-17(10-8-16)20(27)23-15(4)14(2)3/h7-10,12,14-15H,6,11,13H2,1-5H3,(H,23,27)/t15-/m0/s1. The van der Waals surface area contributed by atoms with Crippen LogP contribution in [-0.4, -0.2) is 35.5 Å². The van der Waals surface area contributed by atoms with Crippen molar-refractivity contribution in [1.29, 1.82) is 0 Å². The minimum Gasteiger partial charge on any atom is -0.360 e. The van der Waals surface area contributed by atoms with Gasteiger partial charge in [-0.1, -0.05) is 56.3 Å². The van der Waals surface area contributed by atoms with Gasteiger partial charge in [0.25, 0.3) is 5.91 Å². The molecule has 1 heterocycles. The molecule has 2 rings (SSSR count). The lowest BCUT2D eigenvalue weighted by atomic mass is 10.1. The van der Waals surface area contributed by atoms with Crippen molar-refractivity contribution in [3.05, 3.63) is 46.6 Å². The molecule has 0 aliphatic rings. The summed E-state index contributed by atoms with van der Waals surface area (Å²) in [7, 11) is 2.00. The summed E-state index contributed by atoms with van der Waals surface area (Å²) in [5.41, 5.74) is 1.77. The van der Waals surface area contributed by atoms with Crippen molar-refractivity contribution in [2.24, 2.45) is 5.92 Å². The van der Waals surface area contributed by atoms with E-state index in [1.165, 1.54) is 11.8 Å². The Morgan fingerprint density at radius 2 is 1.89 bits per heavy atom. The molecule has 0 unspecified atom stereocenters. The number of anilines is 1. The Bertz CT molecular complexity index is 782. The molecular weight excluding hydrogens is 392 g/mol. The Labute approximate surface area is 177 Å². The van der Waals surface area contributed by atoms with Crippen LogP contribution in [0.5, 0.6) is 0 Å². The highest BCUT2D eigenvalue weighted by Crippen LogP contribution is 2.24. The number of thioether (sulfide) groups is 1. The zero-order valence-electron chi connectivity index (χ0n) is 17.2. The van der Waals surface area contributed by atoms with Crippen LogP contribution < -0.4 is 10.2 Å². The second-order valence-electron chi connectivity index (χ2n) is 7.24. The van der Waals surface area contributed by atoms with E-state index in [1.54, 1.807) is 6.07 Å². The second kappa shape index (κ2) is 10.7. The predicted molar refractivity (Wildman–Crippen MR) is 118 cm³/mol. The number of carbonyl (C=O) groups is 1. The third-order valence-corrected chi connectivity index (χ3v) is 5.67. The number of halogens is 1. The third-order valence-electron chi connectivity index (χ3n) is 4.55. The highest BCUT2D eigenvalue weighted by atomic mass is 35.5. The van der Waals surface area contributed by atoms with Crippen molar-refractivity contribution in [2.45, 2.75) is 51.1 Å². The molecule has 0 radical (unpaired) electrons. The van der Waals surface area contributed by atoms with Gasteiger partial charge in [-0.15, -0.1) is 0 Å². The Hall–Kier alpha value is -1.79. The molecule has 7 heteroatoms. The SMILES string of the molecule is CCCN(C)c1cc(Cl)nc(SCc2ccc(C(=O)N[C@@H](C)C(C)C)cc2)n1. The number of benzene rings is 1. The van der Waals surface area contributed by atoms with Gasteiger partial charge >= 0.3 is 0 Å². The van der Waals surface area contributed by atoms with Crippen molar-refractivity contribution >= 4 is 35.1 Å². The van der Waals surface area contributed by atoms with Gasteiger partial charge in [0.2, 0.25) is 0 Å². The lowest BCUT2D eigenvalue weighted by Gasteiger charge is -2.18. The average Bonchev–Trinajstić information content (AvgIpc) is 2.66. The first kappa shape index (κ1) is 22.5. The maximum atomic E-state index is 12.3. The smallest absolute Gasteiger partial charge is 0.251 e. The maximum absolute atomic E-state index is 12.3. The molecule has 0 spiro atoms. The average molecular weight is 421 g/mol. The van der Waals surface area contributed by atoms with Crippen LogP contribution in [0.15, 0.2) is 35.5 Å². The van der Waals surface area contributed by atoms with E-state index in [0.29, 0.717) is 27.5 Å². The van der Waals surface area contributed by atoms with Gasteiger partial charge in [-0.3, -0.25) is 4.79 Å².